The Balaban J connectivity index is 4.15. The molecular weight excluding hydrogens is 232 g/mol. The minimum absolute atomic E-state index is 0.122. The number of aliphatic carboxylic acids is 2. The second-order valence-electron chi connectivity index (χ2n) is 3.36. The fourth-order valence-electron chi connectivity index (χ4n) is 1.03. The normalized spacial score (nSPS) is 11.5. The van der Waals surface area contributed by atoms with Crippen LogP contribution in [0, 0.1) is 0 Å². The Morgan fingerprint density at radius 1 is 1.06 bits per heavy atom. The molecule has 17 heavy (non-hydrogen) atoms. The lowest BCUT2D eigenvalue weighted by Gasteiger charge is -2.13. The second kappa shape index (κ2) is 7.20. The smallest absolute Gasteiger partial charge is 0.326 e. The van der Waals surface area contributed by atoms with Crippen LogP contribution in [0.4, 0.5) is 0 Å². The highest BCUT2D eigenvalue weighted by Crippen LogP contribution is 1.99. The van der Waals surface area contributed by atoms with Crippen LogP contribution in [0.3, 0.4) is 0 Å². The summed E-state index contributed by atoms with van der Waals surface area (Å²) in [5, 5.41) is 19.2. The van der Waals surface area contributed by atoms with Crippen LogP contribution < -0.4 is 11.1 Å². The Hall–Kier alpha value is -2.12. The van der Waals surface area contributed by atoms with Gasteiger partial charge in [0.25, 0.3) is 0 Å². The molecule has 0 aliphatic carbocycles. The fourth-order valence-corrected chi connectivity index (χ4v) is 1.03. The Morgan fingerprint density at radius 2 is 1.65 bits per heavy atom. The summed E-state index contributed by atoms with van der Waals surface area (Å²) in [5.74, 6) is -3.81. The molecular formula is C9H14N2O6. The molecule has 0 radical (unpaired) electrons. The molecule has 8 heteroatoms. The summed E-state index contributed by atoms with van der Waals surface area (Å²) < 4.78 is 0. The molecule has 0 aromatic rings. The molecule has 0 rings (SSSR count). The molecule has 0 aliphatic rings. The van der Waals surface area contributed by atoms with Crippen molar-refractivity contribution in [3.05, 3.63) is 0 Å². The summed E-state index contributed by atoms with van der Waals surface area (Å²) in [4.78, 5) is 42.5. The van der Waals surface area contributed by atoms with E-state index in [1.165, 1.54) is 0 Å². The average Bonchev–Trinajstić information content (AvgIpc) is 2.20. The van der Waals surface area contributed by atoms with Crippen LogP contribution in [0.1, 0.15) is 25.7 Å². The zero-order chi connectivity index (χ0) is 13.4. The number of rotatable bonds is 8. The third-order valence-corrected chi connectivity index (χ3v) is 1.88. The van der Waals surface area contributed by atoms with Crippen molar-refractivity contribution in [2.24, 2.45) is 5.73 Å². The Labute approximate surface area is 96.8 Å². The summed E-state index contributed by atoms with van der Waals surface area (Å²) in [6.45, 7) is 0. The van der Waals surface area contributed by atoms with Crippen LogP contribution in [-0.2, 0) is 19.2 Å². The highest BCUT2D eigenvalue weighted by atomic mass is 16.4. The van der Waals surface area contributed by atoms with Gasteiger partial charge >= 0.3 is 11.9 Å². The molecule has 0 aliphatic heterocycles. The van der Waals surface area contributed by atoms with Crippen molar-refractivity contribution in [3.8, 4) is 0 Å². The van der Waals surface area contributed by atoms with Crippen LogP contribution in [0.15, 0.2) is 0 Å². The molecule has 0 aromatic heterocycles. The van der Waals surface area contributed by atoms with Crippen molar-refractivity contribution in [3.63, 3.8) is 0 Å². The van der Waals surface area contributed by atoms with Gasteiger partial charge in [0, 0.05) is 12.8 Å². The van der Waals surface area contributed by atoms with E-state index in [9.17, 15) is 19.2 Å². The molecule has 0 unspecified atom stereocenters. The van der Waals surface area contributed by atoms with Crippen molar-refractivity contribution in [2.45, 2.75) is 31.7 Å². The maximum Gasteiger partial charge on any atom is 0.326 e. The van der Waals surface area contributed by atoms with Gasteiger partial charge < -0.3 is 21.3 Å². The second-order valence-corrected chi connectivity index (χ2v) is 3.36. The van der Waals surface area contributed by atoms with Gasteiger partial charge in [0.1, 0.15) is 6.04 Å². The molecule has 0 saturated carbocycles. The summed E-state index contributed by atoms with van der Waals surface area (Å²) >= 11 is 0. The molecule has 2 amide bonds. The van der Waals surface area contributed by atoms with Crippen LogP contribution in [0.2, 0.25) is 0 Å². The fraction of sp³-hybridized carbons (Fsp3) is 0.556. The predicted octanol–water partition coefficient (Wildman–Crippen LogP) is -1.31. The number of carbonyl (C=O) groups excluding carboxylic acids is 2. The quantitative estimate of drug-likeness (QED) is 0.418. The van der Waals surface area contributed by atoms with Gasteiger partial charge in [-0.2, -0.15) is 0 Å². The SMILES string of the molecule is NC(=O)CC[C@H](NC(=O)CCC(=O)O)C(=O)O. The van der Waals surface area contributed by atoms with E-state index in [-0.39, 0.29) is 25.7 Å². The Kier molecular flexibility index (Phi) is 6.30. The number of hydrogen-bond donors (Lipinski definition) is 4. The molecule has 0 spiro atoms. The van der Waals surface area contributed by atoms with Gasteiger partial charge in [-0.1, -0.05) is 0 Å². The van der Waals surface area contributed by atoms with Crippen molar-refractivity contribution < 1.29 is 29.4 Å². The van der Waals surface area contributed by atoms with E-state index in [2.05, 4.69) is 5.32 Å². The first kappa shape index (κ1) is 14.9. The number of carbonyl (C=O) groups is 4. The van der Waals surface area contributed by atoms with Crippen molar-refractivity contribution in [1.82, 2.24) is 5.32 Å². The molecule has 1 atom stereocenters. The van der Waals surface area contributed by atoms with Gasteiger partial charge in [-0.05, 0) is 6.42 Å². The van der Waals surface area contributed by atoms with Crippen LogP contribution >= 0.6 is 0 Å². The third-order valence-electron chi connectivity index (χ3n) is 1.88. The molecule has 8 nitrogen and oxygen atoms in total. The number of nitrogens with one attached hydrogen (secondary N) is 1. The lowest BCUT2D eigenvalue weighted by atomic mass is 10.1. The number of amides is 2. The average molecular weight is 246 g/mol. The largest absolute Gasteiger partial charge is 0.481 e. The Morgan fingerprint density at radius 3 is 2.06 bits per heavy atom. The lowest BCUT2D eigenvalue weighted by Crippen LogP contribution is -2.41. The minimum atomic E-state index is -1.30. The van der Waals surface area contributed by atoms with Gasteiger partial charge in [-0.3, -0.25) is 14.4 Å². The van der Waals surface area contributed by atoms with Crippen molar-refractivity contribution >= 4 is 23.8 Å². The first-order chi connectivity index (χ1) is 7.82. The van der Waals surface area contributed by atoms with E-state index in [0.29, 0.717) is 0 Å². The highest BCUT2D eigenvalue weighted by Gasteiger charge is 2.20. The zero-order valence-corrected chi connectivity index (χ0v) is 9.01. The topological polar surface area (TPSA) is 147 Å². The molecule has 5 N–H and O–H groups in total. The first-order valence-electron chi connectivity index (χ1n) is 4.85. The molecule has 96 valence electrons. The molecule has 0 saturated heterocycles. The van der Waals surface area contributed by atoms with Crippen LogP contribution in [0.5, 0.6) is 0 Å². The Bertz CT molecular complexity index is 327. The van der Waals surface area contributed by atoms with E-state index in [0.717, 1.165) is 0 Å². The minimum Gasteiger partial charge on any atom is -0.481 e. The van der Waals surface area contributed by atoms with Crippen LogP contribution in [-0.4, -0.2) is 40.0 Å². The van der Waals surface area contributed by atoms with E-state index in [1.807, 2.05) is 0 Å². The maximum absolute atomic E-state index is 11.2. The van der Waals surface area contributed by atoms with Gasteiger partial charge in [0.15, 0.2) is 0 Å². The molecule has 0 fully saturated rings. The zero-order valence-electron chi connectivity index (χ0n) is 9.01. The number of hydrogen-bond acceptors (Lipinski definition) is 4. The number of carboxylic acid groups (broad SMARTS) is 2. The first-order valence-corrected chi connectivity index (χ1v) is 4.85. The summed E-state index contributed by atoms with van der Waals surface area (Å²) in [5.41, 5.74) is 4.85. The van der Waals surface area contributed by atoms with Crippen molar-refractivity contribution in [2.75, 3.05) is 0 Å². The molecule has 0 bridgehead atoms. The maximum atomic E-state index is 11.2. The molecule has 0 aromatic carbocycles. The summed E-state index contributed by atoms with van der Waals surface area (Å²) in [7, 11) is 0. The standard InChI is InChI=1S/C9H14N2O6/c10-6(12)2-1-5(9(16)17)11-7(13)3-4-8(14)15/h5H,1-4H2,(H2,10,12)(H,11,13)(H,14,15)(H,16,17)/t5-/m0/s1. The van der Waals surface area contributed by atoms with Gasteiger partial charge in [0.05, 0.1) is 6.42 Å². The van der Waals surface area contributed by atoms with E-state index < -0.39 is 29.8 Å². The van der Waals surface area contributed by atoms with Crippen molar-refractivity contribution in [1.29, 1.82) is 0 Å². The number of carboxylic acids is 2. The lowest BCUT2D eigenvalue weighted by molar-refractivity contribution is -0.142. The highest BCUT2D eigenvalue weighted by molar-refractivity contribution is 5.85. The molecule has 0 heterocycles. The third kappa shape index (κ3) is 7.77. The predicted molar refractivity (Wildman–Crippen MR) is 54.9 cm³/mol. The number of nitrogens with two attached hydrogens (primary N) is 1. The van der Waals surface area contributed by atoms with Gasteiger partial charge in [-0.15, -0.1) is 0 Å². The van der Waals surface area contributed by atoms with Gasteiger partial charge in [0.2, 0.25) is 11.8 Å². The van der Waals surface area contributed by atoms with E-state index in [4.69, 9.17) is 15.9 Å². The monoisotopic (exact) mass is 246 g/mol. The van der Waals surface area contributed by atoms with Gasteiger partial charge in [-0.25, -0.2) is 4.79 Å². The van der Waals surface area contributed by atoms with Crippen LogP contribution in [0.25, 0.3) is 0 Å². The number of primary amides is 1. The summed E-state index contributed by atoms with van der Waals surface area (Å²) in [6.07, 6.45) is -0.983. The summed E-state index contributed by atoms with van der Waals surface area (Å²) in [6, 6.07) is -1.23. The van der Waals surface area contributed by atoms with E-state index in [1.54, 1.807) is 0 Å². The van der Waals surface area contributed by atoms with E-state index >= 15 is 0 Å².